The average Bonchev–Trinajstić information content (AvgIpc) is 3.22. The standard InChI is InChI=1S/C19H26N4O4/c1-14(27-16-7-4-6-15(12-16)25-3)13-23-19(20-2)22-10-9-21-18(24)17-8-5-11-26-17/h4-8,11-12,14H,9-10,13H2,1-3H3,(H,21,24)(H2,20,22,23). The van der Waals surface area contributed by atoms with E-state index in [1.807, 2.05) is 31.2 Å². The fourth-order valence-electron chi connectivity index (χ4n) is 2.26. The highest BCUT2D eigenvalue weighted by Crippen LogP contribution is 2.19. The van der Waals surface area contributed by atoms with Crippen molar-refractivity contribution in [1.29, 1.82) is 0 Å². The SMILES string of the molecule is CN=C(NCCNC(=O)c1ccco1)NCC(C)Oc1cccc(OC)c1. The van der Waals surface area contributed by atoms with Crippen molar-refractivity contribution in [3.63, 3.8) is 0 Å². The smallest absolute Gasteiger partial charge is 0.287 e. The monoisotopic (exact) mass is 374 g/mol. The fourth-order valence-corrected chi connectivity index (χ4v) is 2.26. The zero-order valence-electron chi connectivity index (χ0n) is 15.8. The van der Waals surface area contributed by atoms with E-state index in [-0.39, 0.29) is 12.0 Å². The molecule has 8 heteroatoms. The number of benzene rings is 1. The summed E-state index contributed by atoms with van der Waals surface area (Å²) < 4.78 is 16.1. The lowest BCUT2D eigenvalue weighted by molar-refractivity contribution is 0.0926. The van der Waals surface area contributed by atoms with Gasteiger partial charge in [-0.3, -0.25) is 9.79 Å². The molecule has 0 radical (unpaired) electrons. The maximum atomic E-state index is 11.8. The normalized spacial score (nSPS) is 12.2. The minimum absolute atomic E-state index is 0.0747. The van der Waals surface area contributed by atoms with Gasteiger partial charge < -0.3 is 29.8 Å². The summed E-state index contributed by atoms with van der Waals surface area (Å²) in [5.74, 6) is 2.17. The first-order chi connectivity index (χ1) is 13.1. The second-order valence-corrected chi connectivity index (χ2v) is 5.72. The Balaban J connectivity index is 1.66. The van der Waals surface area contributed by atoms with Crippen LogP contribution in [0, 0.1) is 0 Å². The van der Waals surface area contributed by atoms with E-state index >= 15 is 0 Å². The van der Waals surface area contributed by atoms with Gasteiger partial charge in [-0.25, -0.2) is 0 Å². The molecule has 27 heavy (non-hydrogen) atoms. The number of rotatable bonds is 9. The minimum atomic E-state index is -0.245. The van der Waals surface area contributed by atoms with E-state index in [2.05, 4.69) is 20.9 Å². The van der Waals surface area contributed by atoms with Gasteiger partial charge in [0.05, 0.1) is 19.9 Å². The number of hydrogen-bond acceptors (Lipinski definition) is 5. The first-order valence-corrected chi connectivity index (χ1v) is 8.69. The van der Waals surface area contributed by atoms with E-state index in [0.29, 0.717) is 31.4 Å². The number of methoxy groups -OCH3 is 1. The Morgan fingerprint density at radius 2 is 1.93 bits per heavy atom. The van der Waals surface area contributed by atoms with Crippen molar-refractivity contribution in [2.45, 2.75) is 13.0 Å². The largest absolute Gasteiger partial charge is 0.497 e. The van der Waals surface area contributed by atoms with Crippen molar-refractivity contribution in [2.24, 2.45) is 4.99 Å². The van der Waals surface area contributed by atoms with Crippen molar-refractivity contribution in [1.82, 2.24) is 16.0 Å². The number of nitrogens with zero attached hydrogens (tertiary/aromatic N) is 1. The molecular weight excluding hydrogens is 348 g/mol. The topological polar surface area (TPSA) is 97.1 Å². The summed E-state index contributed by atoms with van der Waals surface area (Å²) in [7, 11) is 3.31. The number of ether oxygens (including phenoxy) is 2. The van der Waals surface area contributed by atoms with Crippen LogP contribution >= 0.6 is 0 Å². The number of carbonyl (C=O) groups excluding carboxylic acids is 1. The van der Waals surface area contributed by atoms with Gasteiger partial charge in [0.1, 0.15) is 17.6 Å². The summed E-state index contributed by atoms with van der Waals surface area (Å²) in [5, 5.41) is 9.07. The fraction of sp³-hybridized carbons (Fsp3) is 0.368. The highest BCUT2D eigenvalue weighted by molar-refractivity contribution is 5.91. The van der Waals surface area contributed by atoms with Crippen molar-refractivity contribution in [3.05, 3.63) is 48.4 Å². The molecule has 1 aromatic carbocycles. The van der Waals surface area contributed by atoms with Crippen LogP contribution in [0.2, 0.25) is 0 Å². The lowest BCUT2D eigenvalue weighted by Crippen LogP contribution is -2.44. The third-order valence-corrected chi connectivity index (χ3v) is 3.61. The quantitative estimate of drug-likeness (QED) is 0.351. The second kappa shape index (κ2) is 10.7. The van der Waals surface area contributed by atoms with Crippen LogP contribution in [0.3, 0.4) is 0 Å². The zero-order chi connectivity index (χ0) is 19.5. The van der Waals surface area contributed by atoms with Crippen LogP contribution in [-0.4, -0.2) is 51.8 Å². The molecule has 0 aliphatic carbocycles. The maximum absolute atomic E-state index is 11.8. The molecule has 1 aromatic heterocycles. The summed E-state index contributed by atoms with van der Waals surface area (Å²) in [6.45, 7) is 3.49. The molecule has 0 bridgehead atoms. The molecule has 2 aromatic rings. The first kappa shape index (κ1) is 20.2. The molecule has 146 valence electrons. The molecule has 3 N–H and O–H groups in total. The van der Waals surface area contributed by atoms with Gasteiger partial charge in [0.2, 0.25) is 0 Å². The summed E-state index contributed by atoms with van der Waals surface area (Å²) in [4.78, 5) is 15.9. The molecule has 1 atom stereocenters. The van der Waals surface area contributed by atoms with E-state index in [1.165, 1.54) is 6.26 Å². The van der Waals surface area contributed by atoms with Crippen LogP contribution in [0.4, 0.5) is 0 Å². The van der Waals surface area contributed by atoms with Crippen LogP contribution < -0.4 is 25.4 Å². The van der Waals surface area contributed by atoms with E-state index in [0.717, 1.165) is 11.5 Å². The Bertz CT molecular complexity index is 731. The van der Waals surface area contributed by atoms with Gasteiger partial charge in [-0.05, 0) is 31.2 Å². The first-order valence-electron chi connectivity index (χ1n) is 8.69. The third-order valence-electron chi connectivity index (χ3n) is 3.61. The number of hydrogen-bond donors (Lipinski definition) is 3. The number of amides is 1. The van der Waals surface area contributed by atoms with Gasteiger partial charge in [0, 0.05) is 26.2 Å². The van der Waals surface area contributed by atoms with Gasteiger partial charge in [-0.1, -0.05) is 6.07 Å². The van der Waals surface area contributed by atoms with Gasteiger partial charge in [-0.15, -0.1) is 0 Å². The number of nitrogens with one attached hydrogen (secondary N) is 3. The molecule has 1 unspecified atom stereocenters. The van der Waals surface area contributed by atoms with Crippen molar-refractivity contribution in [2.75, 3.05) is 33.8 Å². The molecule has 0 spiro atoms. The predicted octanol–water partition coefficient (Wildman–Crippen LogP) is 1.65. The highest BCUT2D eigenvalue weighted by atomic mass is 16.5. The Morgan fingerprint density at radius 1 is 1.15 bits per heavy atom. The third kappa shape index (κ3) is 6.93. The number of guanidine groups is 1. The summed E-state index contributed by atoms with van der Waals surface area (Å²) in [6.07, 6.45) is 1.39. The van der Waals surface area contributed by atoms with Crippen molar-refractivity contribution >= 4 is 11.9 Å². The molecule has 0 aliphatic rings. The van der Waals surface area contributed by atoms with Gasteiger partial charge in [0.15, 0.2) is 11.7 Å². The number of furan rings is 1. The summed E-state index contributed by atoms with van der Waals surface area (Å²) in [6, 6.07) is 10.8. The zero-order valence-corrected chi connectivity index (χ0v) is 15.8. The molecule has 2 rings (SSSR count). The summed E-state index contributed by atoms with van der Waals surface area (Å²) in [5.41, 5.74) is 0. The van der Waals surface area contributed by atoms with Crippen molar-refractivity contribution in [3.8, 4) is 11.5 Å². The van der Waals surface area contributed by atoms with Crippen LogP contribution in [0.15, 0.2) is 52.1 Å². The predicted molar refractivity (Wildman–Crippen MR) is 103 cm³/mol. The molecule has 0 aliphatic heterocycles. The van der Waals surface area contributed by atoms with Crippen LogP contribution in [0.1, 0.15) is 17.5 Å². The number of carbonyl (C=O) groups is 1. The van der Waals surface area contributed by atoms with Gasteiger partial charge >= 0.3 is 0 Å². The molecule has 8 nitrogen and oxygen atoms in total. The average molecular weight is 374 g/mol. The summed E-state index contributed by atoms with van der Waals surface area (Å²) >= 11 is 0. The Morgan fingerprint density at radius 3 is 2.63 bits per heavy atom. The molecular formula is C19H26N4O4. The van der Waals surface area contributed by atoms with Crippen LogP contribution in [-0.2, 0) is 0 Å². The van der Waals surface area contributed by atoms with E-state index in [1.54, 1.807) is 26.3 Å². The van der Waals surface area contributed by atoms with Gasteiger partial charge in [0.25, 0.3) is 5.91 Å². The number of aliphatic imine (C=N–C) groups is 1. The van der Waals surface area contributed by atoms with Crippen molar-refractivity contribution < 1.29 is 18.7 Å². The molecule has 0 saturated carbocycles. The van der Waals surface area contributed by atoms with Crippen LogP contribution in [0.25, 0.3) is 0 Å². The van der Waals surface area contributed by atoms with E-state index in [4.69, 9.17) is 13.9 Å². The maximum Gasteiger partial charge on any atom is 0.287 e. The lowest BCUT2D eigenvalue weighted by Gasteiger charge is -2.18. The van der Waals surface area contributed by atoms with E-state index in [9.17, 15) is 4.79 Å². The molecule has 1 amide bonds. The van der Waals surface area contributed by atoms with Gasteiger partial charge in [-0.2, -0.15) is 0 Å². The van der Waals surface area contributed by atoms with Crippen LogP contribution in [0.5, 0.6) is 11.5 Å². The Hall–Kier alpha value is -3.16. The minimum Gasteiger partial charge on any atom is -0.497 e. The molecule has 1 heterocycles. The molecule has 0 saturated heterocycles. The Labute approximate surface area is 159 Å². The van der Waals surface area contributed by atoms with E-state index < -0.39 is 0 Å². The Kier molecular flexibility index (Phi) is 8.02. The lowest BCUT2D eigenvalue weighted by atomic mass is 10.3. The second-order valence-electron chi connectivity index (χ2n) is 5.72. The highest BCUT2D eigenvalue weighted by Gasteiger charge is 2.08. The molecule has 0 fully saturated rings.